The summed E-state index contributed by atoms with van der Waals surface area (Å²) < 4.78 is 6.47. The van der Waals surface area contributed by atoms with Gasteiger partial charge in [-0.2, -0.15) is 0 Å². The normalized spacial score (nSPS) is 11.2. The van der Waals surface area contributed by atoms with Gasteiger partial charge in [0.15, 0.2) is 17.1 Å². The molecule has 0 saturated heterocycles. The summed E-state index contributed by atoms with van der Waals surface area (Å²) in [5.74, 6) is -0.503. The molecule has 0 unspecified atom stereocenters. The van der Waals surface area contributed by atoms with Crippen molar-refractivity contribution in [3.05, 3.63) is 69.7 Å². The van der Waals surface area contributed by atoms with E-state index in [1.165, 1.54) is 17.6 Å². The monoisotopic (exact) mass is 337 g/mol. The molecule has 0 atom stereocenters. The second-order valence-electron chi connectivity index (χ2n) is 6.39. The molecule has 0 N–H and O–H groups in total. The minimum absolute atomic E-state index is 0.105. The van der Waals surface area contributed by atoms with Crippen LogP contribution in [-0.4, -0.2) is 16.1 Å². The zero-order valence-electron chi connectivity index (χ0n) is 14.4. The van der Waals surface area contributed by atoms with Gasteiger partial charge >= 0.3 is 5.76 Å². The Bertz CT molecular complexity index is 1010. The van der Waals surface area contributed by atoms with Gasteiger partial charge in [-0.1, -0.05) is 38.1 Å². The van der Waals surface area contributed by atoms with Crippen LogP contribution in [0.1, 0.15) is 53.0 Å². The van der Waals surface area contributed by atoms with E-state index in [-0.39, 0.29) is 18.1 Å². The summed E-state index contributed by atoms with van der Waals surface area (Å²) in [5.41, 5.74) is 2.97. The van der Waals surface area contributed by atoms with Crippen molar-refractivity contribution in [2.24, 2.45) is 0 Å². The molecule has 0 fully saturated rings. The molecule has 0 aliphatic rings. The molecule has 0 amide bonds. The fourth-order valence-electron chi connectivity index (χ4n) is 2.72. The van der Waals surface area contributed by atoms with Crippen LogP contribution in [0.2, 0.25) is 0 Å². The minimum Gasteiger partial charge on any atom is -0.408 e. The van der Waals surface area contributed by atoms with Crippen LogP contribution >= 0.6 is 0 Å². The quantitative estimate of drug-likeness (QED) is 0.664. The zero-order valence-corrected chi connectivity index (χ0v) is 14.4. The van der Waals surface area contributed by atoms with Crippen LogP contribution in [0.3, 0.4) is 0 Å². The van der Waals surface area contributed by atoms with E-state index in [0.29, 0.717) is 28.1 Å². The third kappa shape index (κ3) is 3.31. The summed E-state index contributed by atoms with van der Waals surface area (Å²) in [5, 5.41) is 0. The minimum atomic E-state index is -0.608. The van der Waals surface area contributed by atoms with Gasteiger partial charge in [-0.05, 0) is 36.6 Å². The Morgan fingerprint density at radius 3 is 2.28 bits per heavy atom. The molecule has 1 heterocycles. The molecule has 3 rings (SSSR count). The highest BCUT2D eigenvalue weighted by atomic mass is 16.4. The SMILES string of the molecule is CC(=O)c1ccc2c(c1)oc(=O)n2CC(=O)c1ccc(C(C)C)cc1. The van der Waals surface area contributed by atoms with Gasteiger partial charge in [0, 0.05) is 11.1 Å². The summed E-state index contributed by atoms with van der Waals surface area (Å²) in [6, 6.07) is 12.2. The maximum atomic E-state index is 12.5. The number of hydrogen-bond acceptors (Lipinski definition) is 4. The third-order valence-electron chi connectivity index (χ3n) is 4.28. The average Bonchev–Trinajstić information content (AvgIpc) is 2.89. The Labute approximate surface area is 144 Å². The first-order valence-electron chi connectivity index (χ1n) is 8.14. The maximum absolute atomic E-state index is 12.5. The lowest BCUT2D eigenvalue weighted by atomic mass is 10.0. The molecule has 128 valence electrons. The van der Waals surface area contributed by atoms with Crippen molar-refractivity contribution < 1.29 is 14.0 Å². The van der Waals surface area contributed by atoms with Gasteiger partial charge in [0.05, 0.1) is 12.1 Å². The molecular formula is C20H19NO4. The molecular weight excluding hydrogens is 318 g/mol. The predicted molar refractivity (Wildman–Crippen MR) is 95.3 cm³/mol. The molecule has 2 aromatic carbocycles. The van der Waals surface area contributed by atoms with Crippen LogP contribution in [0, 0.1) is 0 Å². The Morgan fingerprint density at radius 2 is 1.68 bits per heavy atom. The van der Waals surface area contributed by atoms with Gasteiger partial charge < -0.3 is 4.42 Å². The molecule has 0 aliphatic heterocycles. The van der Waals surface area contributed by atoms with Gasteiger partial charge in [-0.15, -0.1) is 0 Å². The standard InChI is InChI=1S/C20H19NO4/c1-12(2)14-4-6-15(7-5-14)18(23)11-21-17-9-8-16(13(3)22)10-19(17)25-20(21)24/h4-10,12H,11H2,1-3H3. The fraction of sp³-hybridized carbons (Fsp3) is 0.250. The number of hydrogen-bond donors (Lipinski definition) is 0. The number of carbonyl (C=O) groups is 2. The fourth-order valence-corrected chi connectivity index (χ4v) is 2.72. The smallest absolute Gasteiger partial charge is 0.408 e. The van der Waals surface area contributed by atoms with Crippen molar-refractivity contribution in [3.63, 3.8) is 0 Å². The van der Waals surface area contributed by atoms with E-state index < -0.39 is 5.76 Å². The molecule has 0 aliphatic carbocycles. The number of rotatable bonds is 5. The van der Waals surface area contributed by atoms with Crippen LogP contribution < -0.4 is 5.76 Å². The number of benzene rings is 2. The lowest BCUT2D eigenvalue weighted by Gasteiger charge is -2.07. The van der Waals surface area contributed by atoms with Crippen LogP contribution in [-0.2, 0) is 6.54 Å². The highest BCUT2D eigenvalue weighted by Crippen LogP contribution is 2.18. The van der Waals surface area contributed by atoms with E-state index in [1.54, 1.807) is 24.3 Å². The molecule has 0 spiro atoms. The molecule has 5 nitrogen and oxygen atoms in total. The highest BCUT2D eigenvalue weighted by molar-refractivity contribution is 5.98. The van der Waals surface area contributed by atoms with Gasteiger partial charge in [0.1, 0.15) is 0 Å². The number of fused-ring (bicyclic) bond motifs is 1. The first kappa shape index (κ1) is 16.9. The van der Waals surface area contributed by atoms with Gasteiger partial charge in [-0.3, -0.25) is 14.2 Å². The number of aromatic nitrogens is 1. The third-order valence-corrected chi connectivity index (χ3v) is 4.28. The van der Waals surface area contributed by atoms with E-state index in [1.807, 2.05) is 12.1 Å². The van der Waals surface area contributed by atoms with Crippen LogP contribution in [0.25, 0.3) is 11.1 Å². The second-order valence-corrected chi connectivity index (χ2v) is 6.39. The number of nitrogens with zero attached hydrogens (tertiary/aromatic N) is 1. The van der Waals surface area contributed by atoms with Crippen LogP contribution in [0.15, 0.2) is 51.7 Å². The van der Waals surface area contributed by atoms with E-state index in [4.69, 9.17) is 4.42 Å². The zero-order chi connectivity index (χ0) is 18.1. The predicted octanol–water partition coefficient (Wildman–Crippen LogP) is 3.80. The first-order chi connectivity index (χ1) is 11.9. The van der Waals surface area contributed by atoms with Crippen LogP contribution in [0.5, 0.6) is 0 Å². The summed E-state index contributed by atoms with van der Waals surface area (Å²) in [6.07, 6.45) is 0. The summed E-state index contributed by atoms with van der Waals surface area (Å²) in [6.45, 7) is 5.51. The van der Waals surface area contributed by atoms with Crippen molar-refractivity contribution in [1.82, 2.24) is 4.57 Å². The molecule has 0 saturated carbocycles. The van der Waals surface area contributed by atoms with Crippen molar-refractivity contribution in [1.29, 1.82) is 0 Å². The molecule has 5 heteroatoms. The number of carbonyl (C=O) groups excluding carboxylic acids is 2. The van der Waals surface area contributed by atoms with Gasteiger partial charge in [-0.25, -0.2) is 4.79 Å². The van der Waals surface area contributed by atoms with E-state index in [0.717, 1.165) is 5.56 Å². The topological polar surface area (TPSA) is 69.3 Å². The van der Waals surface area contributed by atoms with E-state index >= 15 is 0 Å². The Morgan fingerprint density at radius 1 is 1.04 bits per heavy atom. The summed E-state index contributed by atoms with van der Waals surface area (Å²) >= 11 is 0. The van der Waals surface area contributed by atoms with Crippen molar-refractivity contribution >= 4 is 22.7 Å². The average molecular weight is 337 g/mol. The van der Waals surface area contributed by atoms with Gasteiger partial charge in [0.2, 0.25) is 0 Å². The Hall–Kier alpha value is -2.95. The number of ketones is 2. The maximum Gasteiger partial charge on any atom is 0.420 e. The lowest BCUT2D eigenvalue weighted by Crippen LogP contribution is -2.20. The molecule has 25 heavy (non-hydrogen) atoms. The molecule has 0 bridgehead atoms. The van der Waals surface area contributed by atoms with Crippen molar-refractivity contribution in [2.45, 2.75) is 33.2 Å². The summed E-state index contributed by atoms with van der Waals surface area (Å²) in [4.78, 5) is 36.0. The number of oxazole rings is 1. The molecule has 0 radical (unpaired) electrons. The van der Waals surface area contributed by atoms with Crippen molar-refractivity contribution in [3.8, 4) is 0 Å². The Kier molecular flexibility index (Phi) is 4.40. The van der Waals surface area contributed by atoms with Crippen molar-refractivity contribution in [2.75, 3.05) is 0 Å². The van der Waals surface area contributed by atoms with Crippen LogP contribution in [0.4, 0.5) is 0 Å². The highest BCUT2D eigenvalue weighted by Gasteiger charge is 2.15. The second kappa shape index (κ2) is 6.51. The molecule has 3 aromatic rings. The van der Waals surface area contributed by atoms with E-state index in [9.17, 15) is 14.4 Å². The Balaban J connectivity index is 1.92. The number of Topliss-reactive ketones (excluding diaryl/α,β-unsaturated/α-hetero) is 2. The van der Waals surface area contributed by atoms with E-state index in [2.05, 4.69) is 13.8 Å². The lowest BCUT2D eigenvalue weighted by molar-refractivity contribution is 0.0969. The largest absolute Gasteiger partial charge is 0.420 e. The molecule has 1 aromatic heterocycles. The first-order valence-corrected chi connectivity index (χ1v) is 8.14. The summed E-state index contributed by atoms with van der Waals surface area (Å²) in [7, 11) is 0. The van der Waals surface area contributed by atoms with Gasteiger partial charge in [0.25, 0.3) is 0 Å².